The van der Waals surface area contributed by atoms with Crippen molar-refractivity contribution in [3.63, 3.8) is 0 Å². The molecule has 0 saturated carbocycles. The zero-order valence-corrected chi connectivity index (χ0v) is 13.6. The predicted molar refractivity (Wildman–Crippen MR) is 88.8 cm³/mol. The van der Waals surface area contributed by atoms with Crippen LogP contribution in [0.4, 0.5) is 0 Å². The van der Waals surface area contributed by atoms with E-state index in [4.69, 9.17) is 0 Å². The summed E-state index contributed by atoms with van der Waals surface area (Å²) in [5.74, 6) is -0.867. The Morgan fingerprint density at radius 3 is 2.36 bits per heavy atom. The summed E-state index contributed by atoms with van der Waals surface area (Å²) in [6.45, 7) is 9.53. The van der Waals surface area contributed by atoms with Crippen LogP contribution < -0.4 is 5.32 Å². The molecule has 0 heterocycles. The minimum atomic E-state index is -0.447. The van der Waals surface area contributed by atoms with Crippen LogP contribution in [0.1, 0.15) is 43.1 Å². The molecule has 0 saturated heterocycles. The molecule has 1 aromatic rings. The van der Waals surface area contributed by atoms with E-state index >= 15 is 0 Å². The summed E-state index contributed by atoms with van der Waals surface area (Å²) in [7, 11) is 0. The van der Waals surface area contributed by atoms with Crippen LogP contribution in [0, 0.1) is 0 Å². The lowest BCUT2D eigenvalue weighted by atomic mass is 9.92. The van der Waals surface area contributed by atoms with Crippen LogP contribution in [0.3, 0.4) is 0 Å². The molecule has 0 bridgehead atoms. The second-order valence-corrected chi connectivity index (χ2v) is 5.66. The molecule has 0 spiro atoms. The van der Waals surface area contributed by atoms with Crippen LogP contribution in [0.15, 0.2) is 30.3 Å². The van der Waals surface area contributed by atoms with Gasteiger partial charge in [0.05, 0.1) is 0 Å². The van der Waals surface area contributed by atoms with Crippen molar-refractivity contribution in [2.24, 2.45) is 0 Å². The minimum absolute atomic E-state index is 0.237. The first kappa shape index (κ1) is 16.4. The number of ketones is 2. The maximum atomic E-state index is 11.9. The molecule has 1 aliphatic rings. The van der Waals surface area contributed by atoms with Gasteiger partial charge in [-0.05, 0) is 26.4 Å². The molecule has 0 fully saturated rings. The number of carbonyl (C=O) groups is 2. The molecule has 22 heavy (non-hydrogen) atoms. The molecule has 0 amide bonds. The van der Waals surface area contributed by atoms with Gasteiger partial charge in [0.1, 0.15) is 0 Å². The molecule has 0 aromatic heterocycles. The van der Waals surface area contributed by atoms with Crippen LogP contribution in [-0.4, -0.2) is 42.1 Å². The van der Waals surface area contributed by atoms with Crippen molar-refractivity contribution in [3.8, 4) is 0 Å². The smallest absolute Gasteiger partial charge is 0.233 e. The lowest BCUT2D eigenvalue weighted by Crippen LogP contribution is -2.33. The van der Waals surface area contributed by atoms with Crippen molar-refractivity contribution >= 4 is 17.3 Å². The molecule has 4 heteroatoms. The lowest BCUT2D eigenvalue weighted by molar-refractivity contribution is -0.111. The second-order valence-electron chi connectivity index (χ2n) is 5.66. The Morgan fingerprint density at radius 1 is 1.09 bits per heavy atom. The monoisotopic (exact) mass is 300 g/mol. The molecule has 1 atom stereocenters. The maximum absolute atomic E-state index is 11.9. The maximum Gasteiger partial charge on any atom is 0.233 e. The third-order valence-electron chi connectivity index (χ3n) is 4.14. The van der Waals surface area contributed by atoms with Crippen LogP contribution in [-0.2, 0) is 4.79 Å². The molecule has 118 valence electrons. The van der Waals surface area contributed by atoms with E-state index in [1.165, 1.54) is 6.08 Å². The minimum Gasteiger partial charge on any atom is -0.382 e. The summed E-state index contributed by atoms with van der Waals surface area (Å²) >= 11 is 0. The van der Waals surface area contributed by atoms with Gasteiger partial charge in [-0.1, -0.05) is 38.1 Å². The van der Waals surface area contributed by atoms with Crippen molar-refractivity contribution in [1.29, 1.82) is 0 Å². The first-order valence-corrected chi connectivity index (χ1v) is 7.95. The van der Waals surface area contributed by atoms with Crippen LogP contribution in [0.5, 0.6) is 0 Å². The first-order valence-electron chi connectivity index (χ1n) is 7.95. The number of Topliss-reactive ketones (excluding diaryl/α,β-unsaturated/α-hetero) is 1. The number of hydrogen-bond donors (Lipinski definition) is 1. The number of benzene rings is 1. The number of allylic oxidation sites excluding steroid dienone is 1. The van der Waals surface area contributed by atoms with E-state index < -0.39 is 11.6 Å². The number of rotatable bonds is 7. The van der Waals surface area contributed by atoms with E-state index in [0.717, 1.165) is 37.3 Å². The van der Waals surface area contributed by atoms with Gasteiger partial charge in [0, 0.05) is 35.5 Å². The molecule has 2 rings (SSSR count). The van der Waals surface area contributed by atoms with Gasteiger partial charge in [-0.2, -0.15) is 0 Å². The third kappa shape index (κ3) is 3.63. The Kier molecular flexibility index (Phi) is 5.50. The van der Waals surface area contributed by atoms with Crippen molar-refractivity contribution in [2.45, 2.75) is 33.2 Å². The van der Waals surface area contributed by atoms with E-state index in [1.807, 2.05) is 12.1 Å². The number of nitrogens with one attached hydrogen (secondary N) is 1. The SMILES string of the molecule is CCN(CC)CC[C@H](C)NC1=CC(=O)C(=O)c2ccccc21. The van der Waals surface area contributed by atoms with Gasteiger partial charge in [-0.15, -0.1) is 0 Å². The van der Waals surface area contributed by atoms with Gasteiger partial charge in [0.25, 0.3) is 0 Å². The fourth-order valence-electron chi connectivity index (χ4n) is 2.70. The second kappa shape index (κ2) is 7.36. The average molecular weight is 300 g/mol. The third-order valence-corrected chi connectivity index (χ3v) is 4.14. The lowest BCUT2D eigenvalue weighted by Gasteiger charge is -2.24. The van der Waals surface area contributed by atoms with Gasteiger partial charge in [0.2, 0.25) is 11.6 Å². The van der Waals surface area contributed by atoms with E-state index in [-0.39, 0.29) is 6.04 Å². The van der Waals surface area contributed by atoms with Gasteiger partial charge in [-0.25, -0.2) is 0 Å². The molecule has 1 N–H and O–H groups in total. The molecule has 1 aromatic carbocycles. The van der Waals surface area contributed by atoms with Crippen molar-refractivity contribution in [1.82, 2.24) is 10.2 Å². The van der Waals surface area contributed by atoms with Crippen molar-refractivity contribution < 1.29 is 9.59 Å². The largest absolute Gasteiger partial charge is 0.382 e. The molecule has 0 aliphatic heterocycles. The number of carbonyl (C=O) groups excluding carboxylic acids is 2. The number of fused-ring (bicyclic) bond motifs is 1. The highest BCUT2D eigenvalue weighted by Crippen LogP contribution is 2.23. The Balaban J connectivity index is 2.07. The van der Waals surface area contributed by atoms with Crippen molar-refractivity contribution in [3.05, 3.63) is 41.5 Å². The molecule has 0 radical (unpaired) electrons. The highest BCUT2D eigenvalue weighted by Gasteiger charge is 2.25. The summed E-state index contributed by atoms with van der Waals surface area (Å²) in [6.07, 6.45) is 2.42. The molecular formula is C18H24N2O2. The summed E-state index contributed by atoms with van der Waals surface area (Å²) in [5, 5.41) is 3.39. The number of nitrogens with zero attached hydrogens (tertiary/aromatic N) is 1. The summed E-state index contributed by atoms with van der Waals surface area (Å²) < 4.78 is 0. The molecule has 1 aliphatic carbocycles. The van der Waals surface area contributed by atoms with E-state index in [1.54, 1.807) is 12.1 Å². The van der Waals surface area contributed by atoms with Crippen molar-refractivity contribution in [2.75, 3.05) is 19.6 Å². The zero-order valence-electron chi connectivity index (χ0n) is 13.6. The van der Waals surface area contributed by atoms with Gasteiger partial charge in [0.15, 0.2) is 0 Å². The Hall–Kier alpha value is -1.94. The van der Waals surface area contributed by atoms with E-state index in [0.29, 0.717) is 5.56 Å². The Morgan fingerprint density at radius 2 is 1.73 bits per heavy atom. The van der Waals surface area contributed by atoms with E-state index in [2.05, 4.69) is 31.0 Å². The summed E-state index contributed by atoms with van der Waals surface area (Å²) in [4.78, 5) is 26.1. The molecule has 4 nitrogen and oxygen atoms in total. The summed E-state index contributed by atoms with van der Waals surface area (Å²) in [6, 6.07) is 7.51. The fraction of sp³-hybridized carbons (Fsp3) is 0.444. The topological polar surface area (TPSA) is 49.4 Å². The van der Waals surface area contributed by atoms with Crippen LogP contribution >= 0.6 is 0 Å². The van der Waals surface area contributed by atoms with Gasteiger partial charge < -0.3 is 10.2 Å². The zero-order chi connectivity index (χ0) is 16.1. The highest BCUT2D eigenvalue weighted by atomic mass is 16.2. The highest BCUT2D eigenvalue weighted by molar-refractivity contribution is 6.50. The van der Waals surface area contributed by atoms with E-state index in [9.17, 15) is 9.59 Å². The van der Waals surface area contributed by atoms with Crippen LogP contribution in [0.2, 0.25) is 0 Å². The van der Waals surface area contributed by atoms with Gasteiger partial charge >= 0.3 is 0 Å². The normalized spacial score (nSPS) is 15.5. The van der Waals surface area contributed by atoms with Gasteiger partial charge in [-0.3, -0.25) is 9.59 Å². The quantitative estimate of drug-likeness (QED) is 0.786. The first-order chi connectivity index (χ1) is 10.6. The predicted octanol–water partition coefficient (Wildman–Crippen LogP) is 2.50. The van der Waals surface area contributed by atoms with Crippen LogP contribution in [0.25, 0.3) is 5.70 Å². The average Bonchev–Trinajstić information content (AvgIpc) is 2.53. The fourth-order valence-corrected chi connectivity index (χ4v) is 2.70. The Labute approximate surface area is 132 Å². The standard InChI is InChI=1S/C18H24N2O2/c1-4-20(5-2)11-10-13(3)19-16-12-17(21)18(22)15-9-7-6-8-14(15)16/h6-9,12-13,19H,4-5,10-11H2,1-3H3/t13-/m0/s1. The molecular weight excluding hydrogens is 276 g/mol. The Bertz CT molecular complexity index is 589. The summed E-state index contributed by atoms with van der Waals surface area (Å²) in [5.41, 5.74) is 2.07. The number of hydrogen-bond acceptors (Lipinski definition) is 4. The molecule has 0 unspecified atom stereocenters.